The van der Waals surface area contributed by atoms with E-state index in [1.165, 1.54) is 0 Å². The maximum atomic E-state index is 3.98. The van der Waals surface area contributed by atoms with E-state index in [0.29, 0.717) is 0 Å². The smallest absolute Gasteiger partial charge is 0.109 e. The highest BCUT2D eigenvalue weighted by molar-refractivity contribution is 8.59. The Morgan fingerprint density at radius 2 is 2.40 bits per heavy atom. The van der Waals surface area contributed by atoms with Crippen LogP contribution in [0, 0.1) is 0 Å². The van der Waals surface area contributed by atoms with Crippen LogP contribution in [0.3, 0.4) is 0 Å². The Hall–Kier alpha value is -0.350. The van der Waals surface area contributed by atoms with E-state index in [4.69, 9.17) is 0 Å². The van der Waals surface area contributed by atoms with Crippen molar-refractivity contribution in [3.8, 4) is 0 Å². The van der Waals surface area contributed by atoms with Crippen LogP contribution in [-0.2, 0) is 6.42 Å². The predicted molar refractivity (Wildman–Crippen MR) is 50.5 cm³/mol. The number of nitrogens with zero attached hydrogens (tertiary/aromatic N) is 1. The monoisotopic (exact) mass is 174 g/mol. The zero-order valence-corrected chi connectivity index (χ0v) is 7.28. The maximum absolute atomic E-state index is 3.98. The van der Waals surface area contributed by atoms with E-state index in [1.807, 2.05) is 6.08 Å². The second-order valence-electron chi connectivity index (χ2n) is 1.53. The molecule has 0 fully saturated rings. The maximum Gasteiger partial charge on any atom is 0.109 e. The molecule has 0 radical (unpaired) electrons. The van der Waals surface area contributed by atoms with E-state index in [1.54, 1.807) is 12.4 Å². The molecule has 0 saturated heterocycles. The number of rotatable bonds is 2. The molecule has 10 heavy (non-hydrogen) atoms. The summed E-state index contributed by atoms with van der Waals surface area (Å²) in [7, 11) is 0. The highest BCUT2D eigenvalue weighted by Gasteiger charge is 1.85. The van der Waals surface area contributed by atoms with Gasteiger partial charge < -0.3 is 4.98 Å². The predicted octanol–water partition coefficient (Wildman–Crippen LogP) is 1.90. The highest BCUT2D eigenvalue weighted by Crippen LogP contribution is 1.88. The third-order valence-corrected chi connectivity index (χ3v) is 0.893. The summed E-state index contributed by atoms with van der Waals surface area (Å²) < 4.78 is 0. The van der Waals surface area contributed by atoms with Gasteiger partial charge in [-0.2, -0.15) is 0 Å². The Bertz CT molecular complexity index is 160. The van der Waals surface area contributed by atoms with E-state index in [9.17, 15) is 0 Å². The minimum absolute atomic E-state index is 0.826. The van der Waals surface area contributed by atoms with Gasteiger partial charge in [-0.3, -0.25) is 0 Å². The lowest BCUT2D eigenvalue weighted by atomic mass is 10.4. The normalized spacial score (nSPS) is 7.80. The molecule has 0 spiro atoms. The number of thiol groups is 2. The van der Waals surface area contributed by atoms with Gasteiger partial charge in [0.25, 0.3) is 0 Å². The summed E-state index contributed by atoms with van der Waals surface area (Å²) in [5, 5.41) is 0. The lowest BCUT2D eigenvalue weighted by Crippen LogP contribution is -1.80. The van der Waals surface area contributed by atoms with Gasteiger partial charge in [0.1, 0.15) is 5.82 Å². The average Bonchev–Trinajstić information content (AvgIpc) is 2.46. The summed E-state index contributed by atoms with van der Waals surface area (Å²) in [6, 6.07) is 0. The fraction of sp³-hybridized carbons (Fsp3) is 0.167. The zero-order valence-electron chi connectivity index (χ0n) is 5.49. The van der Waals surface area contributed by atoms with Crippen molar-refractivity contribution in [1.29, 1.82) is 0 Å². The van der Waals surface area contributed by atoms with Crippen molar-refractivity contribution < 1.29 is 0 Å². The molecule has 0 aliphatic heterocycles. The number of hydrogen-bond acceptors (Lipinski definition) is 3. The number of allylic oxidation sites excluding steroid dienone is 1. The minimum atomic E-state index is 0.826. The van der Waals surface area contributed by atoms with E-state index < -0.39 is 0 Å². The molecule has 0 aromatic carbocycles. The topological polar surface area (TPSA) is 28.7 Å². The Morgan fingerprint density at radius 1 is 1.70 bits per heavy atom. The molecule has 0 saturated carbocycles. The molecule has 1 aromatic rings. The van der Waals surface area contributed by atoms with Crippen LogP contribution in [0.1, 0.15) is 5.82 Å². The summed E-state index contributed by atoms with van der Waals surface area (Å²) in [5.74, 6) is 0.972. The molecule has 0 atom stereocenters. The van der Waals surface area contributed by atoms with Gasteiger partial charge in [-0.1, -0.05) is 6.08 Å². The number of hydrogen-bond donors (Lipinski definition) is 3. The van der Waals surface area contributed by atoms with Crippen LogP contribution < -0.4 is 0 Å². The van der Waals surface area contributed by atoms with Gasteiger partial charge in [-0.15, -0.1) is 29.9 Å². The van der Waals surface area contributed by atoms with Crippen molar-refractivity contribution in [3.05, 3.63) is 30.9 Å². The molecule has 0 aliphatic rings. The molecular weight excluding hydrogens is 164 g/mol. The minimum Gasteiger partial charge on any atom is -0.348 e. The van der Waals surface area contributed by atoms with Crippen LogP contribution in [0.15, 0.2) is 25.0 Å². The Morgan fingerprint density at radius 3 is 2.80 bits per heavy atom. The van der Waals surface area contributed by atoms with Crippen molar-refractivity contribution in [3.63, 3.8) is 0 Å². The standard InChI is InChI=1S/C6H8N2.H2S2/c1-2-3-6-7-4-5-8-6;1-2/h2,4-5H,1,3H2,(H,7,8);1-2H. The molecule has 0 unspecified atom stereocenters. The summed E-state index contributed by atoms with van der Waals surface area (Å²) in [5.41, 5.74) is 0. The number of imidazole rings is 1. The molecule has 1 N–H and O–H groups in total. The number of H-pyrrole nitrogens is 1. The van der Waals surface area contributed by atoms with Crippen molar-refractivity contribution in [2.45, 2.75) is 6.42 Å². The van der Waals surface area contributed by atoms with E-state index in [2.05, 4.69) is 39.9 Å². The first-order chi connectivity index (χ1) is 4.93. The molecule has 1 rings (SSSR count). The Kier molecular flexibility index (Phi) is 6.53. The quantitative estimate of drug-likeness (QED) is 0.357. The summed E-state index contributed by atoms with van der Waals surface area (Å²) in [4.78, 5) is 6.93. The second-order valence-corrected chi connectivity index (χ2v) is 1.53. The SMILES string of the molecule is C=CCc1ncc[nH]1.SS. The number of aromatic amines is 1. The Balaban J connectivity index is 0.000000371. The second kappa shape index (κ2) is 6.77. The lowest BCUT2D eigenvalue weighted by molar-refractivity contribution is 1.06. The van der Waals surface area contributed by atoms with Gasteiger partial charge in [-0.25, -0.2) is 4.98 Å². The summed E-state index contributed by atoms with van der Waals surface area (Å²) in [6.07, 6.45) is 6.18. The van der Waals surface area contributed by atoms with Crippen LogP contribution in [-0.4, -0.2) is 9.97 Å². The first-order valence-corrected chi connectivity index (χ1v) is 4.32. The molecule has 4 heteroatoms. The van der Waals surface area contributed by atoms with Gasteiger partial charge in [0.15, 0.2) is 0 Å². The summed E-state index contributed by atoms with van der Waals surface area (Å²) >= 11 is 6.44. The van der Waals surface area contributed by atoms with E-state index in [0.717, 1.165) is 12.2 Å². The summed E-state index contributed by atoms with van der Waals surface area (Å²) in [6.45, 7) is 3.58. The molecule has 0 bridgehead atoms. The fourth-order valence-electron chi connectivity index (χ4n) is 0.546. The number of aromatic nitrogens is 2. The van der Waals surface area contributed by atoms with Crippen LogP contribution >= 0.6 is 23.3 Å². The molecule has 56 valence electrons. The third kappa shape index (κ3) is 3.63. The molecule has 0 amide bonds. The van der Waals surface area contributed by atoms with Crippen LogP contribution in [0.4, 0.5) is 0 Å². The van der Waals surface area contributed by atoms with Gasteiger partial charge >= 0.3 is 0 Å². The third-order valence-electron chi connectivity index (χ3n) is 0.893. The zero-order chi connectivity index (χ0) is 7.82. The fourth-order valence-corrected chi connectivity index (χ4v) is 0.546. The van der Waals surface area contributed by atoms with Crippen LogP contribution in [0.25, 0.3) is 0 Å². The van der Waals surface area contributed by atoms with Gasteiger partial charge in [0.05, 0.1) is 0 Å². The highest BCUT2D eigenvalue weighted by atomic mass is 33.1. The van der Waals surface area contributed by atoms with Crippen LogP contribution in [0.2, 0.25) is 0 Å². The lowest BCUT2D eigenvalue weighted by Gasteiger charge is -1.82. The van der Waals surface area contributed by atoms with Crippen molar-refractivity contribution in [2.75, 3.05) is 0 Å². The first-order valence-electron chi connectivity index (χ1n) is 2.72. The molecular formula is C6H10N2S2. The average molecular weight is 174 g/mol. The van der Waals surface area contributed by atoms with Gasteiger partial charge in [0.2, 0.25) is 0 Å². The van der Waals surface area contributed by atoms with Gasteiger partial charge in [0, 0.05) is 18.8 Å². The molecule has 2 nitrogen and oxygen atoms in total. The molecule has 0 aliphatic carbocycles. The number of nitrogens with one attached hydrogen (secondary N) is 1. The van der Waals surface area contributed by atoms with E-state index in [-0.39, 0.29) is 0 Å². The van der Waals surface area contributed by atoms with Crippen molar-refractivity contribution in [1.82, 2.24) is 9.97 Å². The van der Waals surface area contributed by atoms with Crippen molar-refractivity contribution in [2.24, 2.45) is 0 Å². The Labute approximate surface area is 71.0 Å². The van der Waals surface area contributed by atoms with E-state index >= 15 is 0 Å². The van der Waals surface area contributed by atoms with Crippen molar-refractivity contribution >= 4 is 23.3 Å². The first kappa shape index (κ1) is 9.65. The molecule has 1 heterocycles. The largest absolute Gasteiger partial charge is 0.348 e. The molecule has 1 aromatic heterocycles. The van der Waals surface area contributed by atoms with Crippen LogP contribution in [0.5, 0.6) is 0 Å². The van der Waals surface area contributed by atoms with Gasteiger partial charge in [-0.05, 0) is 0 Å².